The molecule has 24 heavy (non-hydrogen) atoms. The maximum atomic E-state index is 12.4. The van der Waals surface area contributed by atoms with E-state index in [1.54, 1.807) is 38.1 Å². The van der Waals surface area contributed by atoms with Crippen molar-refractivity contribution in [2.24, 2.45) is 5.41 Å². The van der Waals surface area contributed by atoms with Gasteiger partial charge in [0.25, 0.3) is 5.91 Å². The molecule has 1 aromatic rings. The lowest BCUT2D eigenvalue weighted by Crippen LogP contribution is -2.34. The average molecular weight is 332 g/mol. The van der Waals surface area contributed by atoms with Gasteiger partial charge < -0.3 is 15.7 Å². The average Bonchev–Trinajstić information content (AvgIpc) is 3.36. The van der Waals surface area contributed by atoms with E-state index in [4.69, 9.17) is 0 Å². The van der Waals surface area contributed by atoms with Gasteiger partial charge in [-0.15, -0.1) is 0 Å². The molecule has 0 radical (unpaired) electrons. The Balaban J connectivity index is 2.11. The molecule has 2 amide bonds. The number of amides is 2. The van der Waals surface area contributed by atoms with Crippen LogP contribution in [0.2, 0.25) is 0 Å². The largest absolute Gasteiger partial charge is 0.481 e. The summed E-state index contributed by atoms with van der Waals surface area (Å²) in [5, 5.41) is 15.0. The second-order valence-corrected chi connectivity index (χ2v) is 6.31. The van der Waals surface area contributed by atoms with Gasteiger partial charge in [-0.3, -0.25) is 14.4 Å². The van der Waals surface area contributed by atoms with Crippen LogP contribution >= 0.6 is 0 Å². The Kier molecular flexibility index (Phi) is 5.59. The molecule has 6 nitrogen and oxygen atoms in total. The zero-order valence-corrected chi connectivity index (χ0v) is 14.1. The van der Waals surface area contributed by atoms with Gasteiger partial charge in [-0.1, -0.05) is 26.0 Å². The summed E-state index contributed by atoms with van der Waals surface area (Å²) in [6.45, 7) is 3.53. The fourth-order valence-corrected chi connectivity index (χ4v) is 2.66. The van der Waals surface area contributed by atoms with Gasteiger partial charge in [0.05, 0.1) is 16.7 Å². The van der Waals surface area contributed by atoms with Crippen molar-refractivity contribution in [1.29, 1.82) is 0 Å². The predicted molar refractivity (Wildman–Crippen MR) is 90.8 cm³/mol. The van der Waals surface area contributed by atoms with E-state index < -0.39 is 17.3 Å². The summed E-state index contributed by atoms with van der Waals surface area (Å²) in [7, 11) is 0. The first-order valence-corrected chi connectivity index (χ1v) is 8.35. The zero-order valence-electron chi connectivity index (χ0n) is 14.1. The quantitative estimate of drug-likeness (QED) is 0.682. The maximum absolute atomic E-state index is 12.4. The van der Waals surface area contributed by atoms with Crippen LogP contribution < -0.4 is 10.6 Å². The fourth-order valence-electron chi connectivity index (χ4n) is 2.66. The number of hydrogen-bond acceptors (Lipinski definition) is 3. The van der Waals surface area contributed by atoms with Crippen LogP contribution in [-0.2, 0) is 9.59 Å². The van der Waals surface area contributed by atoms with Crippen molar-refractivity contribution in [2.45, 2.75) is 52.0 Å². The minimum Gasteiger partial charge on any atom is -0.481 e. The molecule has 0 atom stereocenters. The van der Waals surface area contributed by atoms with Crippen molar-refractivity contribution in [3.63, 3.8) is 0 Å². The highest BCUT2D eigenvalue weighted by Crippen LogP contribution is 2.31. The summed E-state index contributed by atoms with van der Waals surface area (Å²) in [5.74, 6) is -1.58. The minimum absolute atomic E-state index is 0.117. The third kappa shape index (κ3) is 4.13. The highest BCUT2D eigenvalue weighted by atomic mass is 16.4. The molecule has 130 valence electrons. The predicted octanol–water partition coefficient (Wildman–Crippen LogP) is 2.80. The van der Waals surface area contributed by atoms with E-state index >= 15 is 0 Å². The summed E-state index contributed by atoms with van der Waals surface area (Å²) in [5.41, 5.74) is -0.270. The molecular weight excluding hydrogens is 308 g/mol. The van der Waals surface area contributed by atoms with Crippen LogP contribution in [0, 0.1) is 5.41 Å². The van der Waals surface area contributed by atoms with Crippen molar-refractivity contribution < 1.29 is 19.5 Å². The second kappa shape index (κ2) is 7.47. The molecule has 0 spiro atoms. The lowest BCUT2D eigenvalue weighted by molar-refractivity contribution is -0.151. The monoisotopic (exact) mass is 332 g/mol. The van der Waals surface area contributed by atoms with Gasteiger partial charge in [-0.05, 0) is 37.8 Å². The highest BCUT2D eigenvalue weighted by Gasteiger charge is 2.37. The molecule has 1 fully saturated rings. The van der Waals surface area contributed by atoms with Gasteiger partial charge in [0.2, 0.25) is 5.91 Å². The van der Waals surface area contributed by atoms with Crippen LogP contribution in [0.15, 0.2) is 24.3 Å². The van der Waals surface area contributed by atoms with Crippen molar-refractivity contribution in [3.05, 3.63) is 29.8 Å². The molecule has 1 aliphatic rings. The van der Waals surface area contributed by atoms with Gasteiger partial charge in [0.1, 0.15) is 0 Å². The standard InChI is InChI=1S/C18H24N2O4/c1-3-18(4-2,17(23)24)11-15(21)20-14-8-6-5-7-13(14)16(22)19-12-9-10-12/h5-8,12H,3-4,9-11H2,1-2H3,(H,19,22)(H,20,21)(H,23,24). The number of hydrogen-bond donors (Lipinski definition) is 3. The molecule has 0 aromatic heterocycles. The minimum atomic E-state index is -1.07. The Morgan fingerprint density at radius 2 is 1.79 bits per heavy atom. The molecule has 0 heterocycles. The van der Waals surface area contributed by atoms with Crippen LogP contribution in [0.3, 0.4) is 0 Å². The highest BCUT2D eigenvalue weighted by molar-refractivity contribution is 6.04. The van der Waals surface area contributed by atoms with Gasteiger partial charge in [0, 0.05) is 12.5 Å². The number of carboxylic acids is 1. The lowest BCUT2D eigenvalue weighted by Gasteiger charge is -2.26. The molecule has 3 N–H and O–H groups in total. The normalized spacial score (nSPS) is 14.1. The van der Waals surface area contributed by atoms with Gasteiger partial charge in [-0.25, -0.2) is 0 Å². The first kappa shape index (κ1) is 18.0. The first-order valence-electron chi connectivity index (χ1n) is 8.35. The molecule has 0 bridgehead atoms. The van der Waals surface area contributed by atoms with E-state index in [9.17, 15) is 19.5 Å². The topological polar surface area (TPSA) is 95.5 Å². The van der Waals surface area contributed by atoms with Crippen LogP contribution in [-0.4, -0.2) is 28.9 Å². The number of carbonyl (C=O) groups is 3. The first-order chi connectivity index (χ1) is 11.4. The Labute approximate surface area is 141 Å². The summed E-state index contributed by atoms with van der Waals surface area (Å²) in [4.78, 5) is 36.1. The molecular formula is C18H24N2O4. The molecule has 0 saturated heterocycles. The van der Waals surface area contributed by atoms with E-state index in [0.29, 0.717) is 24.1 Å². The number of benzene rings is 1. The van der Waals surface area contributed by atoms with Gasteiger partial charge in [-0.2, -0.15) is 0 Å². The summed E-state index contributed by atoms with van der Waals surface area (Å²) in [6, 6.07) is 6.99. The van der Waals surface area contributed by atoms with E-state index in [1.165, 1.54) is 0 Å². The van der Waals surface area contributed by atoms with Crippen molar-refractivity contribution in [2.75, 3.05) is 5.32 Å². The maximum Gasteiger partial charge on any atom is 0.310 e. The number of rotatable bonds is 8. The number of carboxylic acid groups (broad SMARTS) is 1. The second-order valence-electron chi connectivity index (χ2n) is 6.31. The molecule has 0 unspecified atom stereocenters. The molecule has 1 aliphatic carbocycles. The molecule has 1 aromatic carbocycles. The third-order valence-corrected chi connectivity index (χ3v) is 4.66. The lowest BCUT2D eigenvalue weighted by atomic mass is 9.79. The number of para-hydroxylation sites is 1. The van der Waals surface area contributed by atoms with E-state index in [1.807, 2.05) is 0 Å². The molecule has 0 aliphatic heterocycles. The Bertz CT molecular complexity index is 634. The van der Waals surface area contributed by atoms with E-state index in [2.05, 4.69) is 10.6 Å². The molecule has 6 heteroatoms. The number of carbonyl (C=O) groups excluding carboxylic acids is 2. The Hall–Kier alpha value is -2.37. The summed E-state index contributed by atoms with van der Waals surface area (Å²) in [6.07, 6.45) is 2.59. The van der Waals surface area contributed by atoms with Crippen molar-refractivity contribution >= 4 is 23.5 Å². The van der Waals surface area contributed by atoms with Crippen LogP contribution in [0.1, 0.15) is 56.3 Å². The van der Waals surface area contributed by atoms with Crippen molar-refractivity contribution in [3.8, 4) is 0 Å². The number of aliphatic carboxylic acids is 1. The van der Waals surface area contributed by atoms with E-state index in [0.717, 1.165) is 12.8 Å². The van der Waals surface area contributed by atoms with E-state index in [-0.39, 0.29) is 18.4 Å². The number of nitrogens with one attached hydrogen (secondary N) is 2. The fraction of sp³-hybridized carbons (Fsp3) is 0.500. The summed E-state index contributed by atoms with van der Waals surface area (Å²) < 4.78 is 0. The SMILES string of the molecule is CCC(CC)(CC(=O)Nc1ccccc1C(=O)NC1CC1)C(=O)O. The summed E-state index contributed by atoms with van der Waals surface area (Å²) >= 11 is 0. The van der Waals surface area contributed by atoms with Gasteiger partial charge >= 0.3 is 5.97 Å². The third-order valence-electron chi connectivity index (χ3n) is 4.66. The smallest absolute Gasteiger partial charge is 0.310 e. The van der Waals surface area contributed by atoms with Crippen LogP contribution in [0.25, 0.3) is 0 Å². The van der Waals surface area contributed by atoms with Crippen LogP contribution in [0.5, 0.6) is 0 Å². The zero-order chi connectivity index (χ0) is 17.7. The van der Waals surface area contributed by atoms with Crippen LogP contribution in [0.4, 0.5) is 5.69 Å². The Morgan fingerprint density at radius 1 is 1.17 bits per heavy atom. The van der Waals surface area contributed by atoms with Gasteiger partial charge in [0.15, 0.2) is 0 Å². The number of anilines is 1. The molecule has 1 saturated carbocycles. The Morgan fingerprint density at radius 3 is 2.33 bits per heavy atom. The van der Waals surface area contributed by atoms with Crippen molar-refractivity contribution in [1.82, 2.24) is 5.32 Å². The molecule has 2 rings (SSSR count).